The normalized spacial score (nSPS) is 16.1. The molecule has 1 saturated heterocycles. The third-order valence-electron chi connectivity index (χ3n) is 4.48. The van der Waals surface area contributed by atoms with Gasteiger partial charge in [0, 0.05) is 29.2 Å². The van der Waals surface area contributed by atoms with Crippen molar-refractivity contribution in [1.82, 2.24) is 14.9 Å². The standard InChI is InChI=1S/C17H17ClN4O2/c18-12-4-2-11(3-5-12)17(24)22-8-13-14(9-22)19-15(10-23)20-16(13)21-6-1-7-21/h2-5,23H,1,6-10H2. The summed E-state index contributed by atoms with van der Waals surface area (Å²) in [5.74, 6) is 1.22. The Morgan fingerprint density at radius 2 is 1.92 bits per heavy atom. The molecule has 0 unspecified atom stereocenters. The van der Waals surface area contributed by atoms with Crippen molar-refractivity contribution in [3.8, 4) is 0 Å². The first-order valence-electron chi connectivity index (χ1n) is 7.95. The molecule has 0 atom stereocenters. The van der Waals surface area contributed by atoms with Gasteiger partial charge in [-0.25, -0.2) is 9.97 Å². The highest BCUT2D eigenvalue weighted by Gasteiger charge is 2.31. The van der Waals surface area contributed by atoms with Crippen molar-refractivity contribution in [2.75, 3.05) is 18.0 Å². The molecule has 1 aromatic heterocycles. The lowest BCUT2D eigenvalue weighted by Gasteiger charge is -2.33. The predicted molar refractivity (Wildman–Crippen MR) is 89.8 cm³/mol. The molecule has 1 aromatic carbocycles. The van der Waals surface area contributed by atoms with Crippen LogP contribution in [0.3, 0.4) is 0 Å². The van der Waals surface area contributed by atoms with Gasteiger partial charge in [-0.2, -0.15) is 0 Å². The fourth-order valence-corrected chi connectivity index (χ4v) is 3.19. The van der Waals surface area contributed by atoms with Gasteiger partial charge >= 0.3 is 0 Å². The summed E-state index contributed by atoms with van der Waals surface area (Å²) in [6.07, 6.45) is 1.14. The van der Waals surface area contributed by atoms with E-state index in [1.165, 1.54) is 0 Å². The number of benzene rings is 1. The molecule has 0 spiro atoms. The van der Waals surface area contributed by atoms with Gasteiger partial charge in [0.2, 0.25) is 0 Å². The number of anilines is 1. The maximum Gasteiger partial charge on any atom is 0.254 e. The number of carbonyl (C=O) groups excluding carboxylic acids is 1. The molecule has 1 fully saturated rings. The molecule has 24 heavy (non-hydrogen) atoms. The van der Waals surface area contributed by atoms with Crippen LogP contribution < -0.4 is 4.90 Å². The van der Waals surface area contributed by atoms with Crippen LogP contribution in [0.25, 0.3) is 0 Å². The molecule has 1 N–H and O–H groups in total. The van der Waals surface area contributed by atoms with E-state index in [4.69, 9.17) is 11.6 Å². The molecule has 3 heterocycles. The first-order chi connectivity index (χ1) is 11.7. The van der Waals surface area contributed by atoms with Crippen LogP contribution >= 0.6 is 11.6 Å². The Morgan fingerprint density at radius 3 is 2.54 bits per heavy atom. The molecule has 4 rings (SSSR count). The number of aliphatic hydroxyl groups is 1. The van der Waals surface area contributed by atoms with Gasteiger partial charge in [0.25, 0.3) is 5.91 Å². The minimum absolute atomic E-state index is 0.0511. The molecule has 2 aromatic rings. The molecule has 0 bridgehead atoms. The molecular weight excluding hydrogens is 328 g/mol. The van der Waals surface area contributed by atoms with E-state index in [9.17, 15) is 9.90 Å². The number of hydrogen-bond donors (Lipinski definition) is 1. The summed E-state index contributed by atoms with van der Waals surface area (Å²) < 4.78 is 0. The molecule has 124 valence electrons. The summed E-state index contributed by atoms with van der Waals surface area (Å²) in [5, 5.41) is 10.0. The van der Waals surface area contributed by atoms with Crippen LogP contribution in [0.4, 0.5) is 5.82 Å². The average Bonchev–Trinajstić information content (AvgIpc) is 2.97. The second kappa shape index (κ2) is 6.03. The number of aromatic nitrogens is 2. The second-order valence-corrected chi connectivity index (χ2v) is 6.49. The van der Waals surface area contributed by atoms with Gasteiger partial charge in [-0.1, -0.05) is 11.6 Å². The van der Waals surface area contributed by atoms with Gasteiger partial charge in [0.15, 0.2) is 5.82 Å². The number of hydrogen-bond acceptors (Lipinski definition) is 5. The molecule has 2 aliphatic heterocycles. The number of fused-ring (bicyclic) bond motifs is 1. The quantitative estimate of drug-likeness (QED) is 0.922. The van der Waals surface area contributed by atoms with Gasteiger partial charge in [-0.05, 0) is 30.7 Å². The molecule has 0 radical (unpaired) electrons. The zero-order valence-electron chi connectivity index (χ0n) is 13.1. The zero-order valence-corrected chi connectivity index (χ0v) is 13.8. The summed E-state index contributed by atoms with van der Waals surface area (Å²) in [4.78, 5) is 25.5. The topological polar surface area (TPSA) is 69.6 Å². The SMILES string of the molecule is O=C(c1ccc(Cl)cc1)N1Cc2nc(CO)nc(N3CCC3)c2C1. The van der Waals surface area contributed by atoms with Crippen LogP contribution in [0.5, 0.6) is 0 Å². The number of carbonyl (C=O) groups is 1. The van der Waals surface area contributed by atoms with Crippen LogP contribution in [-0.2, 0) is 19.7 Å². The molecule has 0 saturated carbocycles. The summed E-state index contributed by atoms with van der Waals surface area (Å²) in [7, 11) is 0. The zero-order chi connectivity index (χ0) is 16.7. The lowest BCUT2D eigenvalue weighted by Crippen LogP contribution is -2.38. The minimum atomic E-state index is -0.195. The summed E-state index contributed by atoms with van der Waals surface area (Å²) >= 11 is 5.89. The Balaban J connectivity index is 1.63. The predicted octanol–water partition coefficient (Wildman–Crippen LogP) is 1.99. The molecule has 1 amide bonds. The Bertz CT molecular complexity index is 790. The monoisotopic (exact) mass is 344 g/mol. The van der Waals surface area contributed by atoms with Crippen molar-refractivity contribution < 1.29 is 9.90 Å². The van der Waals surface area contributed by atoms with Gasteiger partial charge < -0.3 is 14.9 Å². The van der Waals surface area contributed by atoms with Crippen molar-refractivity contribution in [2.45, 2.75) is 26.1 Å². The Kier molecular flexibility index (Phi) is 3.86. The van der Waals surface area contributed by atoms with E-state index in [0.29, 0.717) is 29.5 Å². The van der Waals surface area contributed by atoms with Crippen molar-refractivity contribution in [3.63, 3.8) is 0 Å². The summed E-state index contributed by atoms with van der Waals surface area (Å²) in [6, 6.07) is 6.89. The molecule has 2 aliphatic rings. The van der Waals surface area contributed by atoms with Crippen LogP contribution in [0.2, 0.25) is 5.02 Å². The summed E-state index contributed by atoms with van der Waals surface area (Å²) in [6.45, 7) is 2.65. The highest BCUT2D eigenvalue weighted by atomic mass is 35.5. The highest BCUT2D eigenvalue weighted by Crippen LogP contribution is 2.32. The van der Waals surface area contributed by atoms with Gasteiger partial charge in [-0.3, -0.25) is 4.79 Å². The van der Waals surface area contributed by atoms with Crippen molar-refractivity contribution in [3.05, 3.63) is 51.9 Å². The van der Waals surface area contributed by atoms with Crippen molar-refractivity contribution in [1.29, 1.82) is 0 Å². The van der Waals surface area contributed by atoms with Gasteiger partial charge in [0.05, 0.1) is 18.8 Å². The van der Waals surface area contributed by atoms with Crippen LogP contribution in [0, 0.1) is 0 Å². The Morgan fingerprint density at radius 1 is 1.17 bits per heavy atom. The third kappa shape index (κ3) is 2.61. The highest BCUT2D eigenvalue weighted by molar-refractivity contribution is 6.30. The van der Waals surface area contributed by atoms with E-state index in [-0.39, 0.29) is 12.5 Å². The average molecular weight is 345 g/mol. The van der Waals surface area contributed by atoms with E-state index >= 15 is 0 Å². The molecule has 7 heteroatoms. The third-order valence-corrected chi connectivity index (χ3v) is 4.73. The van der Waals surface area contributed by atoms with Crippen molar-refractivity contribution >= 4 is 23.3 Å². The first kappa shape index (κ1) is 15.4. The maximum atomic E-state index is 12.7. The van der Waals surface area contributed by atoms with E-state index in [1.807, 2.05) is 0 Å². The van der Waals surface area contributed by atoms with E-state index in [2.05, 4.69) is 14.9 Å². The lowest BCUT2D eigenvalue weighted by atomic mass is 10.1. The molecule has 6 nitrogen and oxygen atoms in total. The number of amides is 1. The van der Waals surface area contributed by atoms with Gasteiger partial charge in [0.1, 0.15) is 12.4 Å². The molecule has 0 aliphatic carbocycles. The fraction of sp³-hybridized carbons (Fsp3) is 0.353. The first-order valence-corrected chi connectivity index (χ1v) is 8.33. The van der Waals surface area contributed by atoms with Crippen molar-refractivity contribution in [2.24, 2.45) is 0 Å². The number of aliphatic hydroxyl groups excluding tert-OH is 1. The number of halogens is 1. The Labute approximate surface area is 144 Å². The van der Waals surface area contributed by atoms with Crippen LogP contribution in [0.1, 0.15) is 33.9 Å². The van der Waals surface area contributed by atoms with Gasteiger partial charge in [-0.15, -0.1) is 0 Å². The minimum Gasteiger partial charge on any atom is -0.388 e. The van der Waals surface area contributed by atoms with E-state index in [1.54, 1.807) is 29.2 Å². The smallest absolute Gasteiger partial charge is 0.254 e. The second-order valence-electron chi connectivity index (χ2n) is 6.06. The Hall–Kier alpha value is -2.18. The van der Waals surface area contributed by atoms with E-state index < -0.39 is 0 Å². The fourth-order valence-electron chi connectivity index (χ4n) is 3.07. The summed E-state index contributed by atoms with van der Waals surface area (Å²) in [5.41, 5.74) is 2.43. The number of rotatable bonds is 3. The maximum absolute atomic E-state index is 12.7. The van der Waals surface area contributed by atoms with Crippen LogP contribution in [0.15, 0.2) is 24.3 Å². The number of nitrogens with zero attached hydrogens (tertiary/aromatic N) is 4. The molecular formula is C17H17ClN4O2. The largest absolute Gasteiger partial charge is 0.388 e. The van der Waals surface area contributed by atoms with E-state index in [0.717, 1.165) is 36.6 Å². The van der Waals surface area contributed by atoms with Crippen LogP contribution in [-0.4, -0.2) is 39.0 Å². The lowest BCUT2D eigenvalue weighted by molar-refractivity contribution is 0.0750.